The van der Waals surface area contributed by atoms with Crippen LogP contribution in [0.5, 0.6) is 0 Å². The standard InChI is InChI=1S/C9H18O3/c1-4-5-6-9(2,3)7-8(10)12-11/h11H,4-7H2,1-3H3. The Balaban J connectivity index is 3.77. The van der Waals surface area contributed by atoms with Gasteiger partial charge in [0.15, 0.2) is 0 Å². The molecule has 0 aliphatic carbocycles. The predicted molar refractivity (Wildman–Crippen MR) is 46.6 cm³/mol. The first kappa shape index (κ1) is 11.4. The minimum absolute atomic E-state index is 0.0597. The van der Waals surface area contributed by atoms with Crippen LogP contribution in [-0.4, -0.2) is 11.2 Å². The Hall–Kier alpha value is -0.570. The van der Waals surface area contributed by atoms with E-state index in [-0.39, 0.29) is 11.8 Å². The Morgan fingerprint density at radius 1 is 1.50 bits per heavy atom. The van der Waals surface area contributed by atoms with Crippen LogP contribution in [0.1, 0.15) is 46.5 Å². The molecule has 3 heteroatoms. The fourth-order valence-corrected chi connectivity index (χ4v) is 1.17. The molecule has 0 aliphatic heterocycles. The van der Waals surface area contributed by atoms with Gasteiger partial charge in [-0.2, -0.15) is 5.26 Å². The van der Waals surface area contributed by atoms with Crippen LogP contribution in [0, 0.1) is 5.41 Å². The third-order valence-electron chi connectivity index (χ3n) is 1.93. The first-order valence-corrected chi connectivity index (χ1v) is 4.36. The molecule has 0 aliphatic rings. The lowest BCUT2D eigenvalue weighted by molar-refractivity contribution is -0.236. The fraction of sp³-hybridized carbons (Fsp3) is 0.889. The van der Waals surface area contributed by atoms with Crippen molar-refractivity contribution in [2.45, 2.75) is 46.5 Å². The van der Waals surface area contributed by atoms with Crippen molar-refractivity contribution in [3.05, 3.63) is 0 Å². The lowest BCUT2D eigenvalue weighted by Crippen LogP contribution is -2.18. The summed E-state index contributed by atoms with van der Waals surface area (Å²) in [7, 11) is 0. The maximum absolute atomic E-state index is 10.7. The normalized spacial score (nSPS) is 11.3. The maximum atomic E-state index is 10.7. The molecule has 0 bridgehead atoms. The lowest BCUT2D eigenvalue weighted by atomic mass is 9.84. The van der Waals surface area contributed by atoms with Gasteiger partial charge < -0.3 is 4.89 Å². The van der Waals surface area contributed by atoms with Crippen molar-refractivity contribution < 1.29 is 14.9 Å². The van der Waals surface area contributed by atoms with E-state index in [0.717, 1.165) is 19.3 Å². The molecule has 0 fully saturated rings. The zero-order valence-corrected chi connectivity index (χ0v) is 8.09. The quantitative estimate of drug-likeness (QED) is 0.514. The highest BCUT2D eigenvalue weighted by Gasteiger charge is 2.22. The smallest absolute Gasteiger partial charge is 0.301 e. The summed E-state index contributed by atoms with van der Waals surface area (Å²) < 4.78 is 0. The number of carbonyl (C=O) groups is 1. The van der Waals surface area contributed by atoms with Crippen LogP contribution in [0.15, 0.2) is 0 Å². The van der Waals surface area contributed by atoms with Crippen molar-refractivity contribution in [3.8, 4) is 0 Å². The molecular weight excluding hydrogens is 156 g/mol. The molecular formula is C9H18O3. The van der Waals surface area contributed by atoms with Crippen LogP contribution in [0.4, 0.5) is 0 Å². The number of hydrogen-bond acceptors (Lipinski definition) is 3. The highest BCUT2D eigenvalue weighted by molar-refractivity contribution is 5.69. The van der Waals surface area contributed by atoms with Crippen molar-refractivity contribution in [3.63, 3.8) is 0 Å². The zero-order chi connectivity index (χ0) is 9.61. The van der Waals surface area contributed by atoms with Crippen molar-refractivity contribution in [1.29, 1.82) is 0 Å². The molecule has 0 radical (unpaired) electrons. The van der Waals surface area contributed by atoms with Crippen LogP contribution in [0.3, 0.4) is 0 Å². The number of unbranched alkanes of at least 4 members (excludes halogenated alkanes) is 1. The zero-order valence-electron chi connectivity index (χ0n) is 8.09. The summed E-state index contributed by atoms with van der Waals surface area (Å²) >= 11 is 0. The summed E-state index contributed by atoms with van der Waals surface area (Å²) in [6, 6.07) is 0. The van der Waals surface area contributed by atoms with Crippen LogP contribution in [-0.2, 0) is 9.68 Å². The van der Waals surface area contributed by atoms with Gasteiger partial charge in [-0.1, -0.05) is 33.6 Å². The minimum atomic E-state index is -0.545. The molecule has 3 nitrogen and oxygen atoms in total. The van der Waals surface area contributed by atoms with Gasteiger partial charge in [-0.15, -0.1) is 0 Å². The SMILES string of the molecule is CCCCC(C)(C)CC(=O)OO. The van der Waals surface area contributed by atoms with E-state index in [9.17, 15) is 4.79 Å². The van der Waals surface area contributed by atoms with E-state index in [4.69, 9.17) is 5.26 Å². The molecule has 0 amide bonds. The molecule has 0 unspecified atom stereocenters. The second-order valence-corrected chi connectivity index (χ2v) is 3.91. The van der Waals surface area contributed by atoms with Gasteiger partial charge in [0.25, 0.3) is 0 Å². The molecule has 1 N–H and O–H groups in total. The largest absolute Gasteiger partial charge is 0.342 e. The van der Waals surface area contributed by atoms with E-state index in [0.29, 0.717) is 0 Å². The number of rotatable bonds is 5. The number of carbonyl (C=O) groups excluding carboxylic acids is 1. The highest BCUT2D eigenvalue weighted by Crippen LogP contribution is 2.27. The molecule has 0 aromatic carbocycles. The first-order valence-electron chi connectivity index (χ1n) is 4.36. The summed E-state index contributed by atoms with van der Waals surface area (Å²) in [4.78, 5) is 14.3. The Labute approximate surface area is 73.7 Å². The third-order valence-corrected chi connectivity index (χ3v) is 1.93. The molecule has 72 valence electrons. The Morgan fingerprint density at radius 3 is 2.50 bits per heavy atom. The predicted octanol–water partition coefficient (Wildman–Crippen LogP) is 2.61. The van der Waals surface area contributed by atoms with Gasteiger partial charge in [0.2, 0.25) is 0 Å². The lowest BCUT2D eigenvalue weighted by Gasteiger charge is -2.21. The molecule has 0 spiro atoms. The second kappa shape index (κ2) is 5.14. The molecule has 0 aromatic rings. The average Bonchev–Trinajstić information content (AvgIpc) is 2.00. The summed E-state index contributed by atoms with van der Waals surface area (Å²) in [6.45, 7) is 6.11. The minimum Gasteiger partial charge on any atom is -0.301 e. The van der Waals surface area contributed by atoms with Crippen molar-refractivity contribution in [2.24, 2.45) is 5.41 Å². The Morgan fingerprint density at radius 2 is 2.08 bits per heavy atom. The van der Waals surface area contributed by atoms with Gasteiger partial charge in [0.1, 0.15) is 0 Å². The fourth-order valence-electron chi connectivity index (χ4n) is 1.17. The maximum Gasteiger partial charge on any atom is 0.342 e. The van der Waals surface area contributed by atoms with Gasteiger partial charge in [-0.25, -0.2) is 4.79 Å². The van der Waals surface area contributed by atoms with Gasteiger partial charge in [0, 0.05) is 0 Å². The van der Waals surface area contributed by atoms with Crippen LogP contribution in [0.2, 0.25) is 0 Å². The van der Waals surface area contributed by atoms with Gasteiger partial charge in [-0.3, -0.25) is 0 Å². The Bertz CT molecular complexity index is 141. The van der Waals surface area contributed by atoms with Crippen LogP contribution < -0.4 is 0 Å². The van der Waals surface area contributed by atoms with E-state index >= 15 is 0 Å². The van der Waals surface area contributed by atoms with E-state index < -0.39 is 5.97 Å². The second-order valence-electron chi connectivity index (χ2n) is 3.91. The van der Waals surface area contributed by atoms with E-state index in [1.807, 2.05) is 13.8 Å². The van der Waals surface area contributed by atoms with Gasteiger partial charge >= 0.3 is 5.97 Å². The molecule has 0 saturated carbocycles. The molecule has 0 aromatic heterocycles. The van der Waals surface area contributed by atoms with Crippen LogP contribution in [0.25, 0.3) is 0 Å². The first-order chi connectivity index (χ1) is 5.52. The van der Waals surface area contributed by atoms with E-state index in [1.165, 1.54) is 0 Å². The highest BCUT2D eigenvalue weighted by atomic mass is 17.1. The van der Waals surface area contributed by atoms with E-state index in [2.05, 4.69) is 11.8 Å². The van der Waals surface area contributed by atoms with Crippen molar-refractivity contribution in [2.75, 3.05) is 0 Å². The molecule has 12 heavy (non-hydrogen) atoms. The van der Waals surface area contributed by atoms with E-state index in [1.54, 1.807) is 0 Å². The summed E-state index contributed by atoms with van der Waals surface area (Å²) in [5, 5.41) is 8.07. The average molecular weight is 174 g/mol. The van der Waals surface area contributed by atoms with Crippen molar-refractivity contribution in [1.82, 2.24) is 0 Å². The molecule has 0 heterocycles. The topological polar surface area (TPSA) is 46.5 Å². The molecule has 0 atom stereocenters. The summed E-state index contributed by atoms with van der Waals surface area (Å²) in [5.74, 6) is -0.545. The molecule has 0 rings (SSSR count). The van der Waals surface area contributed by atoms with Gasteiger partial charge in [-0.05, 0) is 11.8 Å². The summed E-state index contributed by atoms with van der Waals surface area (Å²) in [5.41, 5.74) is -0.0597. The Kier molecular flexibility index (Phi) is 4.90. The summed E-state index contributed by atoms with van der Waals surface area (Å²) in [6.07, 6.45) is 3.49. The number of hydrogen-bond donors (Lipinski definition) is 1. The van der Waals surface area contributed by atoms with Crippen molar-refractivity contribution >= 4 is 5.97 Å². The molecule has 0 saturated heterocycles. The third kappa shape index (κ3) is 5.13. The monoisotopic (exact) mass is 174 g/mol. The van der Waals surface area contributed by atoms with Gasteiger partial charge in [0.05, 0.1) is 6.42 Å². The van der Waals surface area contributed by atoms with Crippen LogP contribution >= 0.6 is 0 Å².